The normalized spacial score (nSPS) is 11.4. The molecule has 1 N–H and O–H groups in total. The molecule has 0 fully saturated rings. The van der Waals surface area contributed by atoms with Crippen LogP contribution in [-0.2, 0) is 12.7 Å². The third kappa shape index (κ3) is 2.14. The van der Waals surface area contributed by atoms with Crippen LogP contribution in [0.5, 0.6) is 0 Å². The van der Waals surface area contributed by atoms with E-state index in [9.17, 15) is 18.0 Å². The number of hydrogen-bond donors (Lipinski definition) is 1. The molecular weight excluding hydrogens is 215 g/mol. The van der Waals surface area contributed by atoms with Crippen molar-refractivity contribution in [3.63, 3.8) is 0 Å². The van der Waals surface area contributed by atoms with Crippen LogP contribution in [0, 0.1) is 0 Å². The Morgan fingerprint density at radius 2 is 2.20 bits per heavy atom. The molecule has 0 unspecified atom stereocenters. The van der Waals surface area contributed by atoms with Crippen LogP contribution >= 0.6 is 0 Å². The first-order valence-corrected chi connectivity index (χ1v) is 3.72. The molecule has 1 aromatic rings. The minimum Gasteiger partial charge on any atom is -0.476 e. The quantitative estimate of drug-likeness (QED) is 0.778. The molecule has 0 aliphatic carbocycles. The highest BCUT2D eigenvalue weighted by atomic mass is 19.4. The monoisotopic (exact) mass is 221 g/mol. The molecular formula is C7H6F3N3O2. The Balaban J connectivity index is 3.32. The molecule has 8 heteroatoms. The predicted molar refractivity (Wildman–Crippen MR) is 42.2 cm³/mol. The molecule has 0 radical (unpaired) electrons. The first-order chi connectivity index (χ1) is 6.88. The van der Waals surface area contributed by atoms with E-state index in [0.717, 1.165) is 6.08 Å². The molecule has 0 saturated heterocycles. The summed E-state index contributed by atoms with van der Waals surface area (Å²) in [4.78, 5) is 10.4. The topological polar surface area (TPSA) is 68.0 Å². The number of carbonyl (C=O) groups is 1. The fourth-order valence-electron chi connectivity index (χ4n) is 0.988. The van der Waals surface area contributed by atoms with Crippen molar-refractivity contribution in [1.82, 2.24) is 15.0 Å². The second-order valence-corrected chi connectivity index (χ2v) is 2.56. The van der Waals surface area contributed by atoms with Gasteiger partial charge in [-0.15, -0.1) is 11.7 Å². The van der Waals surface area contributed by atoms with Gasteiger partial charge < -0.3 is 5.11 Å². The smallest absolute Gasteiger partial charge is 0.435 e. The summed E-state index contributed by atoms with van der Waals surface area (Å²) < 4.78 is 37.7. The number of allylic oxidation sites excluding steroid dienone is 1. The van der Waals surface area contributed by atoms with Crippen molar-refractivity contribution in [1.29, 1.82) is 0 Å². The summed E-state index contributed by atoms with van der Waals surface area (Å²) in [5.41, 5.74) is -2.49. The molecule has 0 bridgehead atoms. The Hall–Kier alpha value is -1.86. The van der Waals surface area contributed by atoms with Gasteiger partial charge in [0, 0.05) is 0 Å². The Morgan fingerprint density at radius 1 is 1.60 bits per heavy atom. The Kier molecular flexibility index (Phi) is 2.78. The Bertz CT molecular complexity index is 397. The zero-order valence-corrected chi connectivity index (χ0v) is 7.32. The molecule has 0 aromatic carbocycles. The average Bonchev–Trinajstić information content (AvgIpc) is 2.47. The zero-order chi connectivity index (χ0) is 11.6. The molecule has 1 rings (SSSR count). The number of hydrogen-bond acceptors (Lipinski definition) is 3. The summed E-state index contributed by atoms with van der Waals surface area (Å²) in [6, 6.07) is 0. The van der Waals surface area contributed by atoms with E-state index >= 15 is 0 Å². The van der Waals surface area contributed by atoms with Crippen molar-refractivity contribution in [3.8, 4) is 0 Å². The number of aromatic carboxylic acids is 1. The van der Waals surface area contributed by atoms with Crippen molar-refractivity contribution >= 4 is 5.97 Å². The van der Waals surface area contributed by atoms with Gasteiger partial charge in [-0.3, -0.25) is 0 Å². The van der Waals surface area contributed by atoms with Gasteiger partial charge in [0.25, 0.3) is 0 Å². The van der Waals surface area contributed by atoms with Gasteiger partial charge in [-0.2, -0.15) is 13.2 Å². The van der Waals surface area contributed by atoms with Crippen molar-refractivity contribution < 1.29 is 23.1 Å². The van der Waals surface area contributed by atoms with Gasteiger partial charge in [-0.25, -0.2) is 9.48 Å². The minimum absolute atomic E-state index is 0.255. The number of halogens is 3. The van der Waals surface area contributed by atoms with Crippen LogP contribution in [0.3, 0.4) is 0 Å². The van der Waals surface area contributed by atoms with Crippen LogP contribution in [0.1, 0.15) is 16.2 Å². The van der Waals surface area contributed by atoms with Gasteiger partial charge in [-0.05, 0) is 0 Å². The SMILES string of the molecule is C=CCn1nnc(C(=O)O)c1C(F)(F)F. The molecule has 0 spiro atoms. The van der Waals surface area contributed by atoms with E-state index in [-0.39, 0.29) is 6.54 Å². The van der Waals surface area contributed by atoms with Crippen molar-refractivity contribution in [2.75, 3.05) is 0 Å². The maximum atomic E-state index is 12.4. The number of rotatable bonds is 3. The minimum atomic E-state index is -4.81. The van der Waals surface area contributed by atoms with E-state index in [2.05, 4.69) is 16.9 Å². The van der Waals surface area contributed by atoms with E-state index in [1.807, 2.05) is 0 Å². The Morgan fingerprint density at radius 3 is 2.60 bits per heavy atom. The van der Waals surface area contributed by atoms with Gasteiger partial charge in [0.2, 0.25) is 5.69 Å². The summed E-state index contributed by atoms with van der Waals surface area (Å²) in [6.45, 7) is 2.98. The lowest BCUT2D eigenvalue weighted by atomic mass is 10.3. The third-order valence-corrected chi connectivity index (χ3v) is 1.51. The maximum absolute atomic E-state index is 12.4. The molecule has 1 heterocycles. The van der Waals surface area contributed by atoms with Gasteiger partial charge in [0.15, 0.2) is 5.69 Å². The van der Waals surface area contributed by atoms with Gasteiger partial charge in [0.1, 0.15) is 0 Å². The zero-order valence-electron chi connectivity index (χ0n) is 7.32. The molecule has 5 nitrogen and oxygen atoms in total. The number of nitrogens with zero attached hydrogens (tertiary/aromatic N) is 3. The molecule has 0 saturated carbocycles. The van der Waals surface area contributed by atoms with Crippen molar-refractivity contribution in [3.05, 3.63) is 24.0 Å². The molecule has 1 aromatic heterocycles. The average molecular weight is 221 g/mol. The lowest BCUT2D eigenvalue weighted by molar-refractivity contribution is -0.144. The van der Waals surface area contributed by atoms with Crippen LogP contribution in [0.2, 0.25) is 0 Å². The summed E-state index contributed by atoms with van der Waals surface area (Å²) >= 11 is 0. The van der Waals surface area contributed by atoms with E-state index < -0.39 is 23.5 Å². The second-order valence-electron chi connectivity index (χ2n) is 2.56. The molecule has 0 aliphatic heterocycles. The fraction of sp³-hybridized carbons (Fsp3) is 0.286. The van der Waals surface area contributed by atoms with Crippen LogP contribution in [-0.4, -0.2) is 26.1 Å². The number of carboxylic acids is 1. The summed E-state index contributed by atoms with van der Waals surface area (Å²) in [7, 11) is 0. The Labute approximate surface area is 81.8 Å². The van der Waals surface area contributed by atoms with E-state index in [4.69, 9.17) is 5.11 Å². The van der Waals surface area contributed by atoms with Crippen LogP contribution < -0.4 is 0 Å². The van der Waals surface area contributed by atoms with E-state index in [1.165, 1.54) is 0 Å². The highest BCUT2D eigenvalue weighted by Crippen LogP contribution is 2.30. The van der Waals surface area contributed by atoms with Crippen LogP contribution in [0.25, 0.3) is 0 Å². The second kappa shape index (κ2) is 3.71. The lowest BCUT2D eigenvalue weighted by Crippen LogP contribution is -2.18. The number of carboxylic acid groups (broad SMARTS) is 1. The summed E-state index contributed by atoms with van der Waals surface area (Å²) in [5, 5.41) is 14.5. The van der Waals surface area contributed by atoms with E-state index in [0.29, 0.717) is 4.68 Å². The van der Waals surface area contributed by atoms with Gasteiger partial charge >= 0.3 is 12.1 Å². The largest absolute Gasteiger partial charge is 0.476 e. The van der Waals surface area contributed by atoms with Gasteiger partial charge in [-0.1, -0.05) is 11.3 Å². The van der Waals surface area contributed by atoms with Crippen LogP contribution in [0.4, 0.5) is 13.2 Å². The van der Waals surface area contributed by atoms with Gasteiger partial charge in [0.05, 0.1) is 6.54 Å². The molecule has 15 heavy (non-hydrogen) atoms. The highest BCUT2D eigenvalue weighted by molar-refractivity contribution is 5.86. The molecule has 0 atom stereocenters. The predicted octanol–water partition coefficient (Wildman–Crippen LogP) is 1.18. The van der Waals surface area contributed by atoms with Crippen LogP contribution in [0.15, 0.2) is 12.7 Å². The number of aromatic nitrogens is 3. The molecule has 0 amide bonds. The third-order valence-electron chi connectivity index (χ3n) is 1.51. The first kappa shape index (κ1) is 11.2. The maximum Gasteiger partial charge on any atom is 0.435 e. The lowest BCUT2D eigenvalue weighted by Gasteiger charge is -2.07. The first-order valence-electron chi connectivity index (χ1n) is 3.72. The standard InChI is InChI=1S/C7H6F3N3O2/c1-2-3-13-5(7(8,9)10)4(6(14)15)11-12-13/h2H,1,3H2,(H,14,15). The summed E-state index contributed by atoms with van der Waals surface area (Å²) in [5.74, 6) is -1.77. The van der Waals surface area contributed by atoms with Crippen molar-refractivity contribution in [2.24, 2.45) is 0 Å². The van der Waals surface area contributed by atoms with E-state index in [1.54, 1.807) is 0 Å². The van der Waals surface area contributed by atoms with Crippen molar-refractivity contribution in [2.45, 2.75) is 12.7 Å². The molecule has 82 valence electrons. The fourth-order valence-corrected chi connectivity index (χ4v) is 0.988. The highest BCUT2D eigenvalue weighted by Gasteiger charge is 2.41. The summed E-state index contributed by atoms with van der Waals surface area (Å²) in [6.07, 6.45) is -3.64. The molecule has 0 aliphatic rings. The number of alkyl halides is 3.